The lowest BCUT2D eigenvalue weighted by molar-refractivity contribution is -0.139. The van der Waals surface area contributed by atoms with Crippen LogP contribution in [0.25, 0.3) is 0 Å². The Morgan fingerprint density at radius 2 is 1.74 bits per heavy atom. The van der Waals surface area contributed by atoms with Crippen LogP contribution in [0.1, 0.15) is 47.2 Å². The fourth-order valence-electron chi connectivity index (χ4n) is 3.54. The summed E-state index contributed by atoms with van der Waals surface area (Å²) in [5.41, 5.74) is 14.0. The molecule has 34 heavy (non-hydrogen) atoms. The van der Waals surface area contributed by atoms with Gasteiger partial charge in [0.1, 0.15) is 6.04 Å². The van der Waals surface area contributed by atoms with E-state index in [0.29, 0.717) is 18.5 Å². The largest absolute Gasteiger partial charge is 0.480 e. The van der Waals surface area contributed by atoms with Gasteiger partial charge in [-0.05, 0) is 48.6 Å². The van der Waals surface area contributed by atoms with Gasteiger partial charge in [0, 0.05) is 18.0 Å². The minimum atomic E-state index is -1.11. The third-order valence-electron chi connectivity index (χ3n) is 5.24. The Bertz CT molecular complexity index is 1050. The van der Waals surface area contributed by atoms with Gasteiger partial charge in [-0.2, -0.15) is 0 Å². The smallest absolute Gasteiger partial charge is 0.326 e. The van der Waals surface area contributed by atoms with Crippen LogP contribution in [0.4, 0.5) is 0 Å². The molecule has 2 aromatic carbocycles. The summed E-state index contributed by atoms with van der Waals surface area (Å²) in [5, 5.41) is 12.0. The van der Waals surface area contributed by atoms with E-state index in [1.165, 1.54) is 0 Å². The number of rotatable bonds is 12. The summed E-state index contributed by atoms with van der Waals surface area (Å²) in [5.74, 6) is -1.67. The highest BCUT2D eigenvalue weighted by atomic mass is 16.4. The van der Waals surface area contributed by atoms with Gasteiger partial charge in [-0.3, -0.25) is 9.79 Å². The number of amides is 1. The number of carbonyl (C=O) groups is 2. The second-order valence-electron chi connectivity index (χ2n) is 7.68. The molecule has 2 unspecified atom stereocenters. The number of benzene rings is 2. The van der Waals surface area contributed by atoms with E-state index in [-0.39, 0.29) is 18.3 Å². The molecule has 0 aliphatic rings. The second-order valence-corrected chi connectivity index (χ2v) is 7.68. The summed E-state index contributed by atoms with van der Waals surface area (Å²) in [6.07, 6.45) is 8.41. The van der Waals surface area contributed by atoms with E-state index in [9.17, 15) is 14.7 Å². The number of nitrogens with two attached hydrogens (primary N) is 2. The number of guanidine groups is 1. The molecule has 7 nitrogen and oxygen atoms in total. The standard InChI is InChI=1S/C27H32N4O3/c1-3-5-10-19(4-2)24(20-11-7-6-8-12-20)21-14-16-22(17-15-21)25(32)31-23(26(33)34)13-9-18-30-27(28)29/h3-8,10-12,14-17,23-24H,2,9,13,18H2,1H3,(H,31,32)(H,33,34)(H4,28,29,30)/b5-3-,19-10+. The third kappa shape index (κ3) is 7.78. The molecule has 0 fully saturated rings. The highest BCUT2D eigenvalue weighted by molar-refractivity contribution is 5.96. The van der Waals surface area contributed by atoms with Crippen molar-refractivity contribution in [3.8, 4) is 0 Å². The normalized spacial score (nSPS) is 13.1. The molecule has 0 aliphatic carbocycles. The molecule has 0 aliphatic heterocycles. The molecular formula is C27H32N4O3. The highest BCUT2D eigenvalue weighted by Gasteiger charge is 2.21. The van der Waals surface area contributed by atoms with Gasteiger partial charge in [-0.25, -0.2) is 4.79 Å². The Hall–Kier alpha value is -4.13. The maximum atomic E-state index is 12.7. The first-order chi connectivity index (χ1) is 16.4. The van der Waals surface area contributed by atoms with Gasteiger partial charge < -0.3 is 21.9 Å². The molecule has 0 saturated heterocycles. The SMILES string of the molecule is C=C/C(=C\C=C/C)C(c1ccccc1)c1ccc(C(=O)NC(CCCN=C(N)N)C(=O)O)cc1. The lowest BCUT2D eigenvalue weighted by Gasteiger charge is -2.20. The summed E-state index contributed by atoms with van der Waals surface area (Å²) in [7, 11) is 0. The summed E-state index contributed by atoms with van der Waals surface area (Å²) in [4.78, 5) is 28.1. The Kier molecular flexibility index (Phi) is 10.3. The molecule has 0 saturated carbocycles. The first-order valence-electron chi connectivity index (χ1n) is 11.1. The average molecular weight is 461 g/mol. The van der Waals surface area contributed by atoms with Crippen LogP contribution < -0.4 is 16.8 Å². The summed E-state index contributed by atoms with van der Waals surface area (Å²) >= 11 is 0. The van der Waals surface area contributed by atoms with Gasteiger partial charge >= 0.3 is 5.97 Å². The van der Waals surface area contributed by atoms with E-state index in [0.717, 1.165) is 16.7 Å². The zero-order valence-electron chi connectivity index (χ0n) is 19.4. The Balaban J connectivity index is 2.22. The Morgan fingerprint density at radius 1 is 1.09 bits per heavy atom. The van der Waals surface area contributed by atoms with E-state index < -0.39 is 17.9 Å². The van der Waals surface area contributed by atoms with Crippen molar-refractivity contribution in [1.29, 1.82) is 0 Å². The van der Waals surface area contributed by atoms with Crippen LogP contribution in [0.5, 0.6) is 0 Å². The number of nitrogens with one attached hydrogen (secondary N) is 1. The molecule has 7 heteroatoms. The van der Waals surface area contributed by atoms with E-state index in [4.69, 9.17) is 11.5 Å². The zero-order chi connectivity index (χ0) is 24.9. The van der Waals surface area contributed by atoms with Crippen molar-refractivity contribution in [1.82, 2.24) is 5.32 Å². The zero-order valence-corrected chi connectivity index (χ0v) is 19.4. The number of aliphatic imine (C=N–C) groups is 1. The van der Waals surface area contributed by atoms with Crippen LogP contribution in [0.15, 0.2) is 96.0 Å². The maximum Gasteiger partial charge on any atom is 0.326 e. The minimum Gasteiger partial charge on any atom is -0.480 e. The topological polar surface area (TPSA) is 131 Å². The highest BCUT2D eigenvalue weighted by Crippen LogP contribution is 2.32. The number of carbonyl (C=O) groups excluding carboxylic acids is 1. The van der Waals surface area contributed by atoms with Gasteiger partial charge in [0.15, 0.2) is 5.96 Å². The molecule has 2 atom stereocenters. The van der Waals surface area contributed by atoms with Crippen molar-refractivity contribution in [2.75, 3.05) is 6.54 Å². The summed E-state index contributed by atoms with van der Waals surface area (Å²) < 4.78 is 0. The molecule has 0 aromatic heterocycles. The lowest BCUT2D eigenvalue weighted by atomic mass is 9.84. The van der Waals surface area contributed by atoms with Crippen LogP contribution in [0, 0.1) is 0 Å². The third-order valence-corrected chi connectivity index (χ3v) is 5.24. The number of hydrogen-bond donors (Lipinski definition) is 4. The van der Waals surface area contributed by atoms with Crippen molar-refractivity contribution in [2.24, 2.45) is 16.5 Å². The van der Waals surface area contributed by atoms with Crippen LogP contribution >= 0.6 is 0 Å². The maximum absolute atomic E-state index is 12.7. The molecule has 2 rings (SSSR count). The fraction of sp³-hybridized carbons (Fsp3) is 0.222. The monoisotopic (exact) mass is 460 g/mol. The van der Waals surface area contributed by atoms with Crippen LogP contribution in [-0.2, 0) is 4.79 Å². The first-order valence-corrected chi connectivity index (χ1v) is 11.1. The van der Waals surface area contributed by atoms with Crippen LogP contribution in [-0.4, -0.2) is 35.5 Å². The number of aliphatic carboxylic acids is 1. The van der Waals surface area contributed by atoms with Crippen molar-refractivity contribution < 1.29 is 14.7 Å². The molecule has 2 aromatic rings. The quantitative estimate of drug-likeness (QED) is 0.166. The van der Waals surface area contributed by atoms with E-state index >= 15 is 0 Å². The van der Waals surface area contributed by atoms with Gasteiger partial charge in [-0.1, -0.05) is 73.3 Å². The Labute approximate surface area is 200 Å². The van der Waals surface area contributed by atoms with E-state index in [2.05, 4.69) is 29.0 Å². The first kappa shape index (κ1) is 26.1. The van der Waals surface area contributed by atoms with E-state index in [1.807, 2.05) is 61.6 Å². The molecule has 6 N–H and O–H groups in total. The van der Waals surface area contributed by atoms with Crippen molar-refractivity contribution in [3.05, 3.63) is 108 Å². The number of carboxylic acid groups (broad SMARTS) is 1. The lowest BCUT2D eigenvalue weighted by Crippen LogP contribution is -2.40. The predicted molar refractivity (Wildman–Crippen MR) is 137 cm³/mol. The number of carboxylic acids is 1. The van der Waals surface area contributed by atoms with Crippen LogP contribution in [0.2, 0.25) is 0 Å². The molecule has 0 bridgehead atoms. The van der Waals surface area contributed by atoms with Gasteiger partial charge in [0.25, 0.3) is 5.91 Å². The second kappa shape index (κ2) is 13.4. The summed E-state index contributed by atoms with van der Waals surface area (Å²) in [6, 6.07) is 16.2. The molecule has 0 radical (unpaired) electrons. The van der Waals surface area contributed by atoms with Crippen molar-refractivity contribution >= 4 is 17.8 Å². The molecule has 1 amide bonds. The number of allylic oxidation sites excluding steroid dienone is 5. The fourth-order valence-corrected chi connectivity index (χ4v) is 3.54. The summed E-state index contributed by atoms with van der Waals surface area (Å²) in [6.45, 7) is 6.22. The minimum absolute atomic E-state index is 0.0509. The number of nitrogens with zero attached hydrogens (tertiary/aromatic N) is 1. The van der Waals surface area contributed by atoms with Crippen molar-refractivity contribution in [3.63, 3.8) is 0 Å². The van der Waals surface area contributed by atoms with Gasteiger partial charge in [-0.15, -0.1) is 0 Å². The molecular weight excluding hydrogens is 428 g/mol. The molecule has 0 heterocycles. The van der Waals surface area contributed by atoms with Crippen molar-refractivity contribution in [2.45, 2.75) is 31.7 Å². The molecule has 0 spiro atoms. The Morgan fingerprint density at radius 3 is 2.29 bits per heavy atom. The number of hydrogen-bond acceptors (Lipinski definition) is 3. The molecule has 178 valence electrons. The van der Waals surface area contributed by atoms with Gasteiger partial charge in [0.2, 0.25) is 0 Å². The van der Waals surface area contributed by atoms with Gasteiger partial charge in [0.05, 0.1) is 0 Å². The van der Waals surface area contributed by atoms with Crippen LogP contribution in [0.3, 0.4) is 0 Å². The van der Waals surface area contributed by atoms with E-state index in [1.54, 1.807) is 12.1 Å². The predicted octanol–water partition coefficient (Wildman–Crippen LogP) is 3.74. The average Bonchev–Trinajstić information content (AvgIpc) is 2.84.